The topological polar surface area (TPSA) is 91.8 Å². The van der Waals surface area contributed by atoms with E-state index < -0.39 is 20.0 Å². The number of rotatable bonds is 5. The maximum atomic E-state index is 13.0. The van der Waals surface area contributed by atoms with Gasteiger partial charge in [0.25, 0.3) is 0 Å². The SMILES string of the molecule is Cc1ccc(C)c(S(=O)(=O)N2CCN(S(=O)(=O)c3ccccc3C=O)CC2)c1. The highest BCUT2D eigenvalue weighted by Gasteiger charge is 2.35. The van der Waals surface area contributed by atoms with Crippen LogP contribution in [0.3, 0.4) is 0 Å². The van der Waals surface area contributed by atoms with E-state index in [2.05, 4.69) is 0 Å². The molecule has 150 valence electrons. The number of benzene rings is 2. The van der Waals surface area contributed by atoms with Crippen molar-refractivity contribution >= 4 is 26.3 Å². The third-order valence-electron chi connectivity index (χ3n) is 4.82. The first kappa shape index (κ1) is 20.7. The molecular formula is C19H22N2O5S2. The maximum Gasteiger partial charge on any atom is 0.243 e. The second-order valence-electron chi connectivity index (χ2n) is 6.73. The van der Waals surface area contributed by atoms with Gasteiger partial charge in [0, 0.05) is 31.7 Å². The van der Waals surface area contributed by atoms with Gasteiger partial charge in [0.1, 0.15) is 0 Å². The second kappa shape index (κ2) is 7.75. The molecule has 1 aliphatic rings. The van der Waals surface area contributed by atoms with Crippen molar-refractivity contribution in [3.8, 4) is 0 Å². The van der Waals surface area contributed by atoms with Gasteiger partial charge in [0.05, 0.1) is 9.79 Å². The quantitative estimate of drug-likeness (QED) is 0.686. The summed E-state index contributed by atoms with van der Waals surface area (Å²) in [4.78, 5) is 11.4. The Morgan fingerprint density at radius 2 is 1.32 bits per heavy atom. The number of piperazine rings is 1. The number of carbonyl (C=O) groups is 1. The first-order valence-corrected chi connectivity index (χ1v) is 11.7. The molecule has 0 atom stereocenters. The van der Waals surface area contributed by atoms with Crippen molar-refractivity contribution in [2.45, 2.75) is 23.6 Å². The number of aryl methyl sites for hydroxylation is 2. The minimum atomic E-state index is -3.87. The Labute approximate surface area is 165 Å². The van der Waals surface area contributed by atoms with Crippen molar-refractivity contribution in [1.29, 1.82) is 0 Å². The van der Waals surface area contributed by atoms with E-state index in [1.165, 1.54) is 20.7 Å². The fourth-order valence-corrected chi connectivity index (χ4v) is 6.55. The smallest absolute Gasteiger partial charge is 0.243 e. The van der Waals surface area contributed by atoms with Gasteiger partial charge in [0.15, 0.2) is 6.29 Å². The third-order valence-corrected chi connectivity index (χ3v) is 8.84. The van der Waals surface area contributed by atoms with Gasteiger partial charge in [-0.05, 0) is 37.1 Å². The zero-order valence-electron chi connectivity index (χ0n) is 15.7. The fourth-order valence-electron chi connectivity index (χ4n) is 3.23. The van der Waals surface area contributed by atoms with Gasteiger partial charge in [-0.3, -0.25) is 4.79 Å². The molecule has 2 aromatic rings. The van der Waals surface area contributed by atoms with Gasteiger partial charge in [-0.25, -0.2) is 16.8 Å². The lowest BCUT2D eigenvalue weighted by molar-refractivity contribution is 0.112. The van der Waals surface area contributed by atoms with Crippen molar-refractivity contribution in [2.24, 2.45) is 0 Å². The molecule has 0 saturated carbocycles. The highest BCUT2D eigenvalue weighted by atomic mass is 32.2. The molecule has 0 aromatic heterocycles. The molecule has 7 nitrogen and oxygen atoms in total. The van der Waals surface area contributed by atoms with Crippen LogP contribution in [0.2, 0.25) is 0 Å². The van der Waals surface area contributed by atoms with Gasteiger partial charge in [-0.15, -0.1) is 0 Å². The normalized spacial score (nSPS) is 16.8. The molecule has 2 aromatic carbocycles. The van der Waals surface area contributed by atoms with E-state index in [0.29, 0.717) is 11.8 Å². The molecule has 0 aliphatic carbocycles. The molecule has 0 spiro atoms. The average Bonchev–Trinajstić information content (AvgIpc) is 2.69. The average molecular weight is 423 g/mol. The summed E-state index contributed by atoms with van der Waals surface area (Å²) >= 11 is 0. The van der Waals surface area contributed by atoms with Gasteiger partial charge < -0.3 is 0 Å². The molecule has 0 bridgehead atoms. The molecule has 0 unspecified atom stereocenters. The number of nitrogens with zero attached hydrogens (tertiary/aromatic N) is 2. The lowest BCUT2D eigenvalue weighted by Crippen LogP contribution is -2.50. The summed E-state index contributed by atoms with van der Waals surface area (Å²) in [5.41, 5.74) is 1.59. The van der Waals surface area contributed by atoms with Crippen LogP contribution in [0.15, 0.2) is 52.3 Å². The van der Waals surface area contributed by atoms with E-state index >= 15 is 0 Å². The van der Waals surface area contributed by atoms with Crippen LogP contribution in [-0.2, 0) is 20.0 Å². The zero-order valence-corrected chi connectivity index (χ0v) is 17.3. The predicted molar refractivity (Wildman–Crippen MR) is 105 cm³/mol. The molecule has 28 heavy (non-hydrogen) atoms. The Balaban J connectivity index is 1.82. The van der Waals surface area contributed by atoms with Gasteiger partial charge >= 0.3 is 0 Å². The van der Waals surface area contributed by atoms with Crippen molar-refractivity contribution in [3.05, 3.63) is 59.2 Å². The Morgan fingerprint density at radius 1 is 0.786 bits per heavy atom. The molecule has 1 heterocycles. The first-order valence-electron chi connectivity index (χ1n) is 8.79. The molecule has 0 radical (unpaired) electrons. The zero-order chi connectivity index (χ0) is 20.5. The van der Waals surface area contributed by atoms with Crippen LogP contribution < -0.4 is 0 Å². The van der Waals surface area contributed by atoms with Crippen LogP contribution >= 0.6 is 0 Å². The van der Waals surface area contributed by atoms with Crippen LogP contribution in [0.1, 0.15) is 21.5 Å². The highest BCUT2D eigenvalue weighted by Crippen LogP contribution is 2.25. The Morgan fingerprint density at radius 3 is 1.89 bits per heavy atom. The van der Waals surface area contributed by atoms with E-state index in [1.54, 1.807) is 31.2 Å². The third kappa shape index (κ3) is 3.75. The summed E-state index contributed by atoms with van der Waals surface area (Å²) in [5, 5.41) is 0. The van der Waals surface area contributed by atoms with Crippen LogP contribution in [-0.4, -0.2) is 57.9 Å². The number of carbonyl (C=O) groups excluding carboxylic acids is 1. The summed E-state index contributed by atoms with van der Waals surface area (Å²) in [6.45, 7) is 3.73. The molecular weight excluding hydrogens is 400 g/mol. The Kier molecular flexibility index (Phi) is 5.72. The molecule has 0 amide bonds. The summed E-state index contributed by atoms with van der Waals surface area (Å²) in [5.74, 6) is 0. The van der Waals surface area contributed by atoms with E-state index in [-0.39, 0.29) is 41.5 Å². The number of hydrogen-bond acceptors (Lipinski definition) is 5. The van der Waals surface area contributed by atoms with Crippen molar-refractivity contribution in [2.75, 3.05) is 26.2 Å². The van der Waals surface area contributed by atoms with Gasteiger partial charge in [-0.2, -0.15) is 8.61 Å². The van der Waals surface area contributed by atoms with Crippen LogP contribution in [0, 0.1) is 13.8 Å². The molecule has 1 aliphatic heterocycles. The van der Waals surface area contributed by atoms with Gasteiger partial charge in [-0.1, -0.05) is 30.3 Å². The monoisotopic (exact) mass is 422 g/mol. The van der Waals surface area contributed by atoms with E-state index in [0.717, 1.165) is 5.56 Å². The molecule has 1 fully saturated rings. The first-order chi connectivity index (χ1) is 13.2. The highest BCUT2D eigenvalue weighted by molar-refractivity contribution is 7.89. The van der Waals surface area contributed by atoms with Crippen molar-refractivity contribution in [3.63, 3.8) is 0 Å². The lowest BCUT2D eigenvalue weighted by Gasteiger charge is -2.33. The Hall–Kier alpha value is -2.07. The largest absolute Gasteiger partial charge is 0.298 e. The second-order valence-corrected chi connectivity index (χ2v) is 10.5. The number of aldehydes is 1. The number of hydrogen-bond donors (Lipinski definition) is 0. The standard InChI is InChI=1S/C19H22N2O5S2/c1-15-7-8-16(2)19(13-15)28(25,26)21-11-9-20(10-12-21)27(23,24)18-6-4-3-5-17(18)14-22/h3-8,13-14H,9-12H2,1-2H3. The molecule has 9 heteroatoms. The summed E-state index contributed by atoms with van der Waals surface area (Å²) in [7, 11) is -7.58. The van der Waals surface area contributed by atoms with Crippen molar-refractivity contribution in [1.82, 2.24) is 8.61 Å². The minimum absolute atomic E-state index is 0.0274. The number of sulfonamides is 2. The minimum Gasteiger partial charge on any atom is -0.298 e. The van der Waals surface area contributed by atoms with Gasteiger partial charge in [0.2, 0.25) is 20.0 Å². The van der Waals surface area contributed by atoms with Crippen molar-refractivity contribution < 1.29 is 21.6 Å². The van der Waals surface area contributed by atoms with Crippen LogP contribution in [0.5, 0.6) is 0 Å². The van der Waals surface area contributed by atoms with E-state index in [1.807, 2.05) is 13.0 Å². The lowest BCUT2D eigenvalue weighted by atomic mass is 10.2. The molecule has 3 rings (SSSR count). The summed E-state index contributed by atoms with van der Waals surface area (Å²) < 4.78 is 54.3. The summed E-state index contributed by atoms with van der Waals surface area (Å²) in [6.07, 6.45) is 0.508. The Bertz CT molecular complexity index is 1100. The predicted octanol–water partition coefficient (Wildman–Crippen LogP) is 1.81. The van der Waals surface area contributed by atoms with Crippen LogP contribution in [0.25, 0.3) is 0 Å². The molecule has 1 saturated heterocycles. The molecule has 0 N–H and O–H groups in total. The fraction of sp³-hybridized carbons (Fsp3) is 0.316. The van der Waals surface area contributed by atoms with Crippen LogP contribution in [0.4, 0.5) is 0 Å². The summed E-state index contributed by atoms with van der Waals surface area (Å²) in [6, 6.07) is 11.2. The van der Waals surface area contributed by atoms with E-state index in [4.69, 9.17) is 0 Å². The maximum absolute atomic E-state index is 13.0. The van der Waals surface area contributed by atoms with E-state index in [9.17, 15) is 21.6 Å².